The van der Waals surface area contributed by atoms with E-state index < -0.39 is 12.4 Å². The highest BCUT2D eigenvalue weighted by Gasteiger charge is 2.16. The topological polar surface area (TPSA) is 52.3 Å². The predicted molar refractivity (Wildman–Crippen MR) is 59.8 cm³/mol. The molecule has 2 N–H and O–H groups in total. The first-order valence-corrected chi connectivity index (χ1v) is 5.23. The van der Waals surface area contributed by atoms with E-state index in [0.29, 0.717) is 5.56 Å². The number of esters is 1. The summed E-state index contributed by atoms with van der Waals surface area (Å²) in [6.45, 7) is 0.210. The lowest BCUT2D eigenvalue weighted by molar-refractivity contribution is -0.141. The smallest absolute Gasteiger partial charge is 0.306 e. The fourth-order valence-electron chi connectivity index (χ4n) is 1.57. The number of nitrogens with two attached hydrogens (primary N) is 1. The van der Waals surface area contributed by atoms with Gasteiger partial charge in [0.25, 0.3) is 6.43 Å². The van der Waals surface area contributed by atoms with E-state index in [0.717, 1.165) is 0 Å². The molecule has 0 amide bonds. The molecular formula is C12H15F2NO2. The fourth-order valence-corrected chi connectivity index (χ4v) is 1.57. The summed E-state index contributed by atoms with van der Waals surface area (Å²) in [5, 5.41) is 0. The minimum absolute atomic E-state index is 0.0641. The van der Waals surface area contributed by atoms with Crippen molar-refractivity contribution < 1.29 is 18.3 Å². The molecule has 0 aliphatic rings. The van der Waals surface area contributed by atoms with E-state index in [-0.39, 0.29) is 24.4 Å². The summed E-state index contributed by atoms with van der Waals surface area (Å²) >= 11 is 0. The summed E-state index contributed by atoms with van der Waals surface area (Å²) in [7, 11) is 1.28. The SMILES string of the molecule is COC(=O)CC(CN)c1cccc(C(F)F)c1. The van der Waals surface area contributed by atoms with Gasteiger partial charge in [-0.25, -0.2) is 8.78 Å². The predicted octanol–water partition coefficient (Wildman–Crippen LogP) is 2.23. The molecule has 0 aromatic heterocycles. The summed E-state index contributed by atoms with van der Waals surface area (Å²) in [5.74, 6) is -0.691. The number of carbonyl (C=O) groups excluding carboxylic acids is 1. The molecule has 0 bridgehead atoms. The van der Waals surface area contributed by atoms with Gasteiger partial charge < -0.3 is 10.5 Å². The lowest BCUT2D eigenvalue weighted by Gasteiger charge is -2.14. The molecule has 0 radical (unpaired) electrons. The Morgan fingerprint density at radius 1 is 1.41 bits per heavy atom. The van der Waals surface area contributed by atoms with E-state index in [1.165, 1.54) is 25.3 Å². The highest BCUT2D eigenvalue weighted by molar-refractivity contribution is 5.70. The Labute approximate surface area is 98.6 Å². The first-order chi connectivity index (χ1) is 8.08. The van der Waals surface area contributed by atoms with Crippen molar-refractivity contribution in [3.8, 4) is 0 Å². The standard InChI is InChI=1S/C12H15F2NO2/c1-17-11(16)6-10(7-15)8-3-2-4-9(5-8)12(13)14/h2-5,10,12H,6-7,15H2,1H3. The largest absolute Gasteiger partial charge is 0.469 e. The van der Waals surface area contributed by atoms with Crippen molar-refractivity contribution in [1.29, 1.82) is 0 Å². The van der Waals surface area contributed by atoms with Crippen LogP contribution in [0.15, 0.2) is 24.3 Å². The second kappa shape index (κ2) is 6.30. The van der Waals surface area contributed by atoms with E-state index in [9.17, 15) is 13.6 Å². The highest BCUT2D eigenvalue weighted by atomic mass is 19.3. The normalized spacial score (nSPS) is 12.5. The zero-order chi connectivity index (χ0) is 12.8. The van der Waals surface area contributed by atoms with Gasteiger partial charge in [-0.1, -0.05) is 18.2 Å². The van der Waals surface area contributed by atoms with Crippen LogP contribution in [-0.2, 0) is 9.53 Å². The molecule has 17 heavy (non-hydrogen) atoms. The average Bonchev–Trinajstić information content (AvgIpc) is 2.35. The summed E-state index contributed by atoms with van der Waals surface area (Å²) in [4.78, 5) is 11.1. The van der Waals surface area contributed by atoms with Crippen molar-refractivity contribution in [2.75, 3.05) is 13.7 Å². The maximum absolute atomic E-state index is 12.5. The Bertz CT molecular complexity index is 383. The van der Waals surface area contributed by atoms with Gasteiger partial charge in [0.2, 0.25) is 0 Å². The van der Waals surface area contributed by atoms with Gasteiger partial charge in [-0.05, 0) is 18.2 Å². The van der Waals surface area contributed by atoms with Gasteiger partial charge in [-0.15, -0.1) is 0 Å². The average molecular weight is 243 g/mol. The summed E-state index contributed by atoms with van der Waals surface area (Å²) in [6.07, 6.45) is -2.42. The zero-order valence-corrected chi connectivity index (χ0v) is 9.53. The molecule has 0 saturated heterocycles. The van der Waals surface area contributed by atoms with Crippen molar-refractivity contribution >= 4 is 5.97 Å². The van der Waals surface area contributed by atoms with Gasteiger partial charge in [0.15, 0.2) is 0 Å². The van der Waals surface area contributed by atoms with Gasteiger partial charge in [-0.3, -0.25) is 4.79 Å². The van der Waals surface area contributed by atoms with Crippen molar-refractivity contribution in [1.82, 2.24) is 0 Å². The number of carbonyl (C=O) groups is 1. The number of benzene rings is 1. The van der Waals surface area contributed by atoms with Crippen LogP contribution in [0.1, 0.15) is 29.9 Å². The van der Waals surface area contributed by atoms with Crippen LogP contribution in [0.2, 0.25) is 0 Å². The van der Waals surface area contributed by atoms with E-state index in [1.807, 2.05) is 0 Å². The van der Waals surface area contributed by atoms with Gasteiger partial charge in [0.1, 0.15) is 0 Å². The van der Waals surface area contributed by atoms with Crippen molar-refractivity contribution in [3.63, 3.8) is 0 Å². The van der Waals surface area contributed by atoms with Crippen molar-refractivity contribution in [2.45, 2.75) is 18.8 Å². The van der Waals surface area contributed by atoms with Crippen LogP contribution >= 0.6 is 0 Å². The number of methoxy groups -OCH3 is 1. The molecule has 0 heterocycles. The third kappa shape index (κ3) is 3.78. The first kappa shape index (κ1) is 13.6. The number of ether oxygens (including phenoxy) is 1. The molecule has 0 spiro atoms. The third-order valence-corrected chi connectivity index (χ3v) is 2.56. The minimum Gasteiger partial charge on any atom is -0.469 e. The fraction of sp³-hybridized carbons (Fsp3) is 0.417. The van der Waals surface area contributed by atoms with Gasteiger partial charge in [0, 0.05) is 11.5 Å². The molecule has 0 aliphatic heterocycles. The van der Waals surface area contributed by atoms with E-state index in [4.69, 9.17) is 5.73 Å². The number of hydrogen-bond donors (Lipinski definition) is 1. The first-order valence-electron chi connectivity index (χ1n) is 5.23. The van der Waals surface area contributed by atoms with Crippen LogP contribution in [0, 0.1) is 0 Å². The van der Waals surface area contributed by atoms with Crippen molar-refractivity contribution in [3.05, 3.63) is 35.4 Å². The minimum atomic E-state index is -2.52. The maximum Gasteiger partial charge on any atom is 0.306 e. The van der Waals surface area contributed by atoms with Crippen molar-refractivity contribution in [2.24, 2.45) is 5.73 Å². The molecule has 3 nitrogen and oxygen atoms in total. The molecule has 1 atom stereocenters. The molecule has 0 saturated carbocycles. The molecule has 5 heteroatoms. The maximum atomic E-state index is 12.5. The second-order valence-electron chi connectivity index (χ2n) is 3.68. The molecule has 1 unspecified atom stereocenters. The summed E-state index contributed by atoms with van der Waals surface area (Å²) in [5.41, 5.74) is 6.11. The van der Waals surface area contributed by atoms with Gasteiger partial charge >= 0.3 is 5.97 Å². The van der Waals surface area contributed by atoms with Gasteiger partial charge in [-0.2, -0.15) is 0 Å². The van der Waals surface area contributed by atoms with E-state index in [1.54, 1.807) is 6.07 Å². The monoisotopic (exact) mass is 243 g/mol. The molecule has 1 aromatic rings. The van der Waals surface area contributed by atoms with Crippen LogP contribution in [-0.4, -0.2) is 19.6 Å². The molecule has 0 fully saturated rings. The van der Waals surface area contributed by atoms with E-state index >= 15 is 0 Å². The Morgan fingerprint density at radius 2 is 2.06 bits per heavy atom. The second-order valence-corrected chi connectivity index (χ2v) is 3.68. The lowest BCUT2D eigenvalue weighted by Crippen LogP contribution is -2.17. The quantitative estimate of drug-likeness (QED) is 0.807. The van der Waals surface area contributed by atoms with Crippen LogP contribution < -0.4 is 5.73 Å². The molecular weight excluding hydrogens is 228 g/mol. The Kier molecular flexibility index (Phi) is 5.03. The number of hydrogen-bond acceptors (Lipinski definition) is 3. The van der Waals surface area contributed by atoms with Crippen LogP contribution in [0.5, 0.6) is 0 Å². The Balaban J connectivity index is 2.88. The highest BCUT2D eigenvalue weighted by Crippen LogP contribution is 2.25. The number of alkyl halides is 2. The van der Waals surface area contributed by atoms with E-state index in [2.05, 4.69) is 4.74 Å². The zero-order valence-electron chi connectivity index (χ0n) is 9.53. The van der Waals surface area contributed by atoms with Gasteiger partial charge in [0.05, 0.1) is 13.5 Å². The van der Waals surface area contributed by atoms with Crippen LogP contribution in [0.4, 0.5) is 8.78 Å². The Hall–Kier alpha value is -1.49. The molecule has 94 valence electrons. The van der Waals surface area contributed by atoms with Crippen LogP contribution in [0.25, 0.3) is 0 Å². The van der Waals surface area contributed by atoms with Crippen LogP contribution in [0.3, 0.4) is 0 Å². The summed E-state index contributed by atoms with van der Waals surface area (Å²) in [6, 6.07) is 5.95. The number of rotatable bonds is 5. The Morgan fingerprint density at radius 3 is 2.59 bits per heavy atom. The molecule has 0 aliphatic carbocycles. The summed E-state index contributed by atoms with van der Waals surface area (Å²) < 4.78 is 29.6. The third-order valence-electron chi connectivity index (χ3n) is 2.56. The molecule has 1 aromatic carbocycles. The number of halogens is 2. The lowest BCUT2D eigenvalue weighted by atomic mass is 9.94. The molecule has 1 rings (SSSR count).